The van der Waals surface area contributed by atoms with Crippen molar-refractivity contribution in [3.63, 3.8) is 0 Å². The van der Waals surface area contributed by atoms with Crippen LogP contribution in [0.15, 0.2) is 54.6 Å². The van der Waals surface area contributed by atoms with Gasteiger partial charge in [-0.1, -0.05) is 61.9 Å². The summed E-state index contributed by atoms with van der Waals surface area (Å²) < 4.78 is 5.69. The number of nitrogens with one attached hydrogen (secondary N) is 1. The van der Waals surface area contributed by atoms with Gasteiger partial charge in [-0.2, -0.15) is 0 Å². The number of hydrogen-bond acceptors (Lipinski definition) is 3. The lowest BCUT2D eigenvalue weighted by molar-refractivity contribution is -0.140. The average Bonchev–Trinajstić information content (AvgIpc) is 2.74. The molecule has 30 heavy (non-hydrogen) atoms. The SMILES string of the molecule is Cc1ccc(CN(C(=O)CCCOc2ccccc2)[C@H](C)C(=O)NCC(C)C)cc1. The number of ether oxygens (including phenoxy) is 1. The molecule has 2 aromatic rings. The number of rotatable bonds is 11. The minimum Gasteiger partial charge on any atom is -0.494 e. The summed E-state index contributed by atoms with van der Waals surface area (Å²) in [7, 11) is 0. The molecule has 5 heteroatoms. The van der Waals surface area contributed by atoms with Crippen LogP contribution in [0.2, 0.25) is 0 Å². The Labute approximate surface area is 180 Å². The highest BCUT2D eigenvalue weighted by Crippen LogP contribution is 2.14. The van der Waals surface area contributed by atoms with Gasteiger partial charge in [0.15, 0.2) is 0 Å². The molecule has 162 valence electrons. The van der Waals surface area contributed by atoms with Crippen molar-refractivity contribution in [1.29, 1.82) is 0 Å². The minimum atomic E-state index is -0.535. The van der Waals surface area contributed by atoms with Crippen LogP contribution in [-0.2, 0) is 16.1 Å². The average molecular weight is 411 g/mol. The number of nitrogens with zero attached hydrogens (tertiary/aromatic N) is 1. The first-order valence-electron chi connectivity index (χ1n) is 10.7. The quantitative estimate of drug-likeness (QED) is 0.561. The van der Waals surface area contributed by atoms with Crippen molar-refractivity contribution in [2.45, 2.75) is 53.1 Å². The lowest BCUT2D eigenvalue weighted by atomic mass is 10.1. The zero-order valence-corrected chi connectivity index (χ0v) is 18.6. The predicted octanol–water partition coefficient (Wildman–Crippen LogP) is 4.34. The maximum atomic E-state index is 13.0. The Bertz CT molecular complexity index is 788. The molecule has 0 spiro atoms. The summed E-state index contributed by atoms with van der Waals surface area (Å²) in [6.07, 6.45) is 0.930. The Morgan fingerprint density at radius 3 is 2.30 bits per heavy atom. The molecule has 0 saturated heterocycles. The third-order valence-electron chi connectivity index (χ3n) is 4.87. The van der Waals surface area contributed by atoms with Gasteiger partial charge in [0.2, 0.25) is 11.8 Å². The molecule has 1 N–H and O–H groups in total. The monoisotopic (exact) mass is 410 g/mol. The van der Waals surface area contributed by atoms with Gasteiger partial charge in [-0.05, 0) is 43.9 Å². The lowest BCUT2D eigenvalue weighted by Crippen LogP contribution is -2.48. The van der Waals surface area contributed by atoms with E-state index in [0.717, 1.165) is 16.9 Å². The second-order valence-corrected chi connectivity index (χ2v) is 8.09. The van der Waals surface area contributed by atoms with Gasteiger partial charge in [-0.25, -0.2) is 0 Å². The highest BCUT2D eigenvalue weighted by molar-refractivity contribution is 5.87. The Balaban J connectivity index is 1.98. The molecule has 0 aromatic heterocycles. The van der Waals surface area contributed by atoms with Crippen LogP contribution in [0.3, 0.4) is 0 Å². The van der Waals surface area contributed by atoms with Crippen LogP contribution in [0.4, 0.5) is 0 Å². The molecule has 0 aliphatic carbocycles. The van der Waals surface area contributed by atoms with Gasteiger partial charge in [0, 0.05) is 19.5 Å². The molecule has 1 atom stereocenters. The molecule has 2 rings (SSSR count). The second kappa shape index (κ2) is 12.0. The van der Waals surface area contributed by atoms with Crippen molar-refractivity contribution in [2.75, 3.05) is 13.2 Å². The van der Waals surface area contributed by atoms with E-state index in [1.54, 1.807) is 11.8 Å². The molecule has 0 fully saturated rings. The van der Waals surface area contributed by atoms with Gasteiger partial charge in [0.05, 0.1) is 6.61 Å². The number of hydrogen-bond donors (Lipinski definition) is 1. The fraction of sp³-hybridized carbons (Fsp3) is 0.440. The number of carbonyl (C=O) groups excluding carboxylic acids is 2. The summed E-state index contributed by atoms with van der Waals surface area (Å²) >= 11 is 0. The van der Waals surface area contributed by atoms with Crippen molar-refractivity contribution in [2.24, 2.45) is 5.92 Å². The fourth-order valence-corrected chi connectivity index (χ4v) is 3.00. The van der Waals surface area contributed by atoms with E-state index in [2.05, 4.69) is 5.32 Å². The van der Waals surface area contributed by atoms with Crippen molar-refractivity contribution < 1.29 is 14.3 Å². The van der Waals surface area contributed by atoms with Gasteiger partial charge in [0.25, 0.3) is 0 Å². The van der Waals surface area contributed by atoms with Crippen molar-refractivity contribution in [1.82, 2.24) is 10.2 Å². The second-order valence-electron chi connectivity index (χ2n) is 8.09. The Morgan fingerprint density at radius 1 is 1.00 bits per heavy atom. The van der Waals surface area contributed by atoms with E-state index in [9.17, 15) is 9.59 Å². The number of amides is 2. The van der Waals surface area contributed by atoms with Crippen LogP contribution in [0.5, 0.6) is 5.75 Å². The summed E-state index contributed by atoms with van der Waals surface area (Å²) in [4.78, 5) is 27.3. The van der Waals surface area contributed by atoms with E-state index in [0.29, 0.717) is 38.5 Å². The maximum absolute atomic E-state index is 13.0. The van der Waals surface area contributed by atoms with Gasteiger partial charge in [0.1, 0.15) is 11.8 Å². The van der Waals surface area contributed by atoms with E-state index >= 15 is 0 Å². The Kier molecular flexibility index (Phi) is 9.39. The van der Waals surface area contributed by atoms with Gasteiger partial charge >= 0.3 is 0 Å². The third kappa shape index (κ3) is 7.90. The molecule has 0 saturated carbocycles. The molecular weight excluding hydrogens is 376 g/mol. The molecule has 0 heterocycles. The van der Waals surface area contributed by atoms with Gasteiger partial charge in [-0.3, -0.25) is 9.59 Å². The van der Waals surface area contributed by atoms with Crippen LogP contribution >= 0.6 is 0 Å². The molecule has 0 aliphatic rings. The molecule has 2 amide bonds. The number of para-hydroxylation sites is 1. The summed E-state index contributed by atoms with van der Waals surface area (Å²) in [6.45, 7) is 9.39. The van der Waals surface area contributed by atoms with E-state index in [1.807, 2.05) is 75.4 Å². The van der Waals surface area contributed by atoms with E-state index in [4.69, 9.17) is 4.74 Å². The van der Waals surface area contributed by atoms with Crippen LogP contribution in [0.1, 0.15) is 44.7 Å². The van der Waals surface area contributed by atoms with Crippen LogP contribution in [-0.4, -0.2) is 35.9 Å². The molecule has 2 aromatic carbocycles. The number of aryl methyl sites for hydroxylation is 1. The third-order valence-corrected chi connectivity index (χ3v) is 4.87. The summed E-state index contributed by atoms with van der Waals surface area (Å²) in [5.41, 5.74) is 2.18. The standard InChI is InChI=1S/C25H34N2O3/c1-19(2)17-26-25(29)21(4)27(18-22-14-12-20(3)13-15-22)24(28)11-8-16-30-23-9-6-5-7-10-23/h5-7,9-10,12-15,19,21H,8,11,16-18H2,1-4H3,(H,26,29)/t21-/m1/s1. The van der Waals surface area contributed by atoms with Crippen LogP contribution in [0.25, 0.3) is 0 Å². The highest BCUT2D eigenvalue weighted by Gasteiger charge is 2.25. The Hall–Kier alpha value is -2.82. The highest BCUT2D eigenvalue weighted by atomic mass is 16.5. The van der Waals surface area contributed by atoms with Crippen molar-refractivity contribution in [3.8, 4) is 5.75 Å². The topological polar surface area (TPSA) is 58.6 Å². The Morgan fingerprint density at radius 2 is 1.67 bits per heavy atom. The van der Waals surface area contributed by atoms with Crippen LogP contribution in [0, 0.1) is 12.8 Å². The van der Waals surface area contributed by atoms with Gasteiger partial charge < -0.3 is 15.0 Å². The lowest BCUT2D eigenvalue weighted by Gasteiger charge is -2.29. The van der Waals surface area contributed by atoms with Crippen molar-refractivity contribution >= 4 is 11.8 Å². The summed E-state index contributed by atoms with van der Waals surface area (Å²) in [6, 6.07) is 17.1. The minimum absolute atomic E-state index is 0.0422. The van der Waals surface area contributed by atoms with Crippen molar-refractivity contribution in [3.05, 3.63) is 65.7 Å². The fourth-order valence-electron chi connectivity index (χ4n) is 3.00. The molecule has 0 aliphatic heterocycles. The van der Waals surface area contributed by atoms with Gasteiger partial charge in [-0.15, -0.1) is 0 Å². The first kappa shape index (κ1) is 23.5. The predicted molar refractivity (Wildman–Crippen MR) is 120 cm³/mol. The molecule has 0 unspecified atom stereocenters. The van der Waals surface area contributed by atoms with E-state index in [-0.39, 0.29) is 11.8 Å². The normalized spacial score (nSPS) is 11.8. The maximum Gasteiger partial charge on any atom is 0.242 e. The number of benzene rings is 2. The zero-order valence-electron chi connectivity index (χ0n) is 18.6. The molecular formula is C25H34N2O3. The zero-order chi connectivity index (χ0) is 21.9. The van der Waals surface area contributed by atoms with E-state index in [1.165, 1.54) is 0 Å². The molecule has 0 radical (unpaired) electrons. The molecule has 0 bridgehead atoms. The van der Waals surface area contributed by atoms with E-state index < -0.39 is 6.04 Å². The largest absolute Gasteiger partial charge is 0.494 e. The summed E-state index contributed by atoms with van der Waals surface area (Å²) in [5, 5.41) is 2.94. The smallest absolute Gasteiger partial charge is 0.242 e. The van der Waals surface area contributed by atoms with Crippen LogP contribution < -0.4 is 10.1 Å². The first-order chi connectivity index (χ1) is 14.4. The summed E-state index contributed by atoms with van der Waals surface area (Å²) in [5.74, 6) is 0.990. The number of carbonyl (C=O) groups is 2. The first-order valence-corrected chi connectivity index (χ1v) is 10.7. The molecule has 5 nitrogen and oxygen atoms in total.